The molecule has 0 unspecified atom stereocenters. The summed E-state index contributed by atoms with van der Waals surface area (Å²) in [4.78, 5) is 32.4. The van der Waals surface area contributed by atoms with Crippen molar-refractivity contribution in [3.8, 4) is 11.1 Å². The number of aromatic nitrogens is 1. The van der Waals surface area contributed by atoms with Crippen molar-refractivity contribution in [1.82, 2.24) is 4.98 Å². The lowest BCUT2D eigenvalue weighted by molar-refractivity contribution is 0.0926. The van der Waals surface area contributed by atoms with E-state index in [9.17, 15) is 9.59 Å². The molecule has 1 aromatic heterocycles. The second-order valence-electron chi connectivity index (χ2n) is 9.11. The van der Waals surface area contributed by atoms with Crippen LogP contribution < -0.4 is 4.90 Å². The van der Waals surface area contributed by atoms with E-state index in [0.29, 0.717) is 16.8 Å². The Morgan fingerprint density at radius 2 is 1.40 bits per heavy atom. The normalized spacial score (nSPS) is 13.3. The molecule has 1 aliphatic heterocycles. The maximum absolute atomic E-state index is 13.9. The number of aryl methyl sites for hydroxylation is 3. The molecule has 2 amide bonds. The highest BCUT2D eigenvalue weighted by atomic mass is 79.9. The standard InChI is InChI=1S/C29H20Br2N2O2/c1-14-9-15(2)27(16(3)10-14)33-28(34)20-6-4-5-19(25(20)29(33)35)22-12-18(31)13-23-21-11-17(30)7-8-24(21)32-26(22)23/h4-13,32H,1-3H3. The fourth-order valence-corrected chi connectivity index (χ4v) is 6.21. The SMILES string of the molecule is Cc1cc(C)c(N2C(=O)c3cccc(-c4cc(Br)cc5c4[nH]c4ccc(Br)cc45)c3C2=O)c(C)c1. The van der Waals surface area contributed by atoms with Crippen molar-refractivity contribution in [3.63, 3.8) is 0 Å². The molecule has 4 aromatic carbocycles. The van der Waals surface area contributed by atoms with E-state index < -0.39 is 0 Å². The predicted molar refractivity (Wildman–Crippen MR) is 148 cm³/mol. The van der Waals surface area contributed by atoms with Crippen molar-refractivity contribution in [1.29, 1.82) is 0 Å². The van der Waals surface area contributed by atoms with Crippen molar-refractivity contribution in [2.24, 2.45) is 0 Å². The van der Waals surface area contributed by atoms with Crippen molar-refractivity contribution < 1.29 is 9.59 Å². The van der Waals surface area contributed by atoms with Gasteiger partial charge in [0.1, 0.15) is 0 Å². The van der Waals surface area contributed by atoms with E-state index in [1.165, 1.54) is 4.90 Å². The number of imide groups is 1. The van der Waals surface area contributed by atoms with E-state index in [1.54, 1.807) is 6.07 Å². The van der Waals surface area contributed by atoms with Gasteiger partial charge in [-0.3, -0.25) is 9.59 Å². The fraction of sp³-hybridized carbons (Fsp3) is 0.103. The molecule has 0 atom stereocenters. The zero-order valence-electron chi connectivity index (χ0n) is 19.3. The molecule has 0 saturated heterocycles. The van der Waals surface area contributed by atoms with Gasteiger partial charge in [0.25, 0.3) is 11.8 Å². The first-order chi connectivity index (χ1) is 16.7. The Hall–Kier alpha value is -3.22. The molecule has 0 aliphatic carbocycles. The van der Waals surface area contributed by atoms with Crippen molar-refractivity contribution in [2.75, 3.05) is 4.90 Å². The van der Waals surface area contributed by atoms with E-state index in [-0.39, 0.29) is 11.8 Å². The monoisotopic (exact) mass is 586 g/mol. The van der Waals surface area contributed by atoms with Gasteiger partial charge in [0.2, 0.25) is 0 Å². The summed E-state index contributed by atoms with van der Waals surface area (Å²) in [5.74, 6) is -0.573. The van der Waals surface area contributed by atoms with Gasteiger partial charge in [-0.15, -0.1) is 0 Å². The summed E-state index contributed by atoms with van der Waals surface area (Å²) in [6.45, 7) is 5.90. The van der Waals surface area contributed by atoms with Crippen LogP contribution in [0.25, 0.3) is 32.9 Å². The third-order valence-electron chi connectivity index (χ3n) is 6.70. The molecule has 0 saturated carbocycles. The molecule has 35 heavy (non-hydrogen) atoms. The van der Waals surface area contributed by atoms with Crippen LogP contribution in [0.15, 0.2) is 69.6 Å². The molecule has 1 N–H and O–H groups in total. The molecular formula is C29H20Br2N2O2. The lowest BCUT2D eigenvalue weighted by Crippen LogP contribution is -2.31. The zero-order chi connectivity index (χ0) is 24.6. The number of benzene rings is 4. The molecule has 172 valence electrons. The highest BCUT2D eigenvalue weighted by Crippen LogP contribution is 2.42. The number of carbonyl (C=O) groups excluding carboxylic acids is 2. The van der Waals surface area contributed by atoms with E-state index >= 15 is 0 Å². The van der Waals surface area contributed by atoms with Gasteiger partial charge >= 0.3 is 0 Å². The van der Waals surface area contributed by atoms with Crippen LogP contribution in [0.2, 0.25) is 0 Å². The van der Waals surface area contributed by atoms with Gasteiger partial charge in [0, 0.05) is 30.8 Å². The summed E-state index contributed by atoms with van der Waals surface area (Å²) >= 11 is 7.24. The van der Waals surface area contributed by atoms with Gasteiger partial charge in [-0.1, -0.05) is 61.7 Å². The number of nitrogens with one attached hydrogen (secondary N) is 1. The number of carbonyl (C=O) groups is 2. The minimum atomic E-state index is -0.289. The van der Waals surface area contributed by atoms with Crippen LogP contribution in [0.5, 0.6) is 0 Å². The lowest BCUT2D eigenvalue weighted by Gasteiger charge is -2.20. The van der Waals surface area contributed by atoms with E-state index in [2.05, 4.69) is 49.0 Å². The summed E-state index contributed by atoms with van der Waals surface area (Å²) in [6, 6.07) is 19.7. The van der Waals surface area contributed by atoms with Crippen molar-refractivity contribution in [2.45, 2.75) is 20.8 Å². The number of hydrogen-bond donors (Lipinski definition) is 1. The zero-order valence-corrected chi connectivity index (χ0v) is 22.5. The summed E-state index contributed by atoms with van der Waals surface area (Å²) in [5, 5.41) is 2.13. The molecular weight excluding hydrogens is 568 g/mol. The third-order valence-corrected chi connectivity index (χ3v) is 7.65. The maximum Gasteiger partial charge on any atom is 0.266 e. The molecule has 0 spiro atoms. The number of hydrogen-bond acceptors (Lipinski definition) is 2. The average Bonchev–Trinajstić information content (AvgIpc) is 3.28. The Morgan fingerprint density at radius 3 is 2.14 bits per heavy atom. The predicted octanol–water partition coefficient (Wildman–Crippen LogP) is 8.24. The maximum atomic E-state index is 13.9. The van der Waals surface area contributed by atoms with E-state index in [0.717, 1.165) is 58.6 Å². The molecule has 1 aliphatic rings. The topological polar surface area (TPSA) is 53.2 Å². The van der Waals surface area contributed by atoms with Gasteiger partial charge in [-0.25, -0.2) is 4.90 Å². The number of fused-ring (bicyclic) bond motifs is 4. The third kappa shape index (κ3) is 3.31. The number of H-pyrrole nitrogens is 1. The van der Waals surface area contributed by atoms with Crippen LogP contribution in [-0.2, 0) is 0 Å². The van der Waals surface area contributed by atoms with Crippen LogP contribution in [0.1, 0.15) is 37.4 Å². The van der Waals surface area contributed by atoms with Gasteiger partial charge < -0.3 is 4.98 Å². The van der Waals surface area contributed by atoms with Gasteiger partial charge in [-0.2, -0.15) is 0 Å². The number of nitrogens with zero attached hydrogens (tertiary/aromatic N) is 1. The first-order valence-corrected chi connectivity index (χ1v) is 12.8. The van der Waals surface area contributed by atoms with Gasteiger partial charge in [-0.05, 0) is 73.9 Å². The highest BCUT2D eigenvalue weighted by molar-refractivity contribution is 9.10. The number of rotatable bonds is 2. The summed E-state index contributed by atoms with van der Waals surface area (Å²) in [5.41, 5.74) is 8.00. The van der Waals surface area contributed by atoms with E-state index in [4.69, 9.17) is 0 Å². The highest BCUT2D eigenvalue weighted by Gasteiger charge is 2.40. The minimum absolute atomic E-state index is 0.284. The summed E-state index contributed by atoms with van der Waals surface area (Å²) in [6.07, 6.45) is 0. The Kier molecular flexibility index (Phi) is 5.02. The molecule has 0 fully saturated rings. The average molecular weight is 588 g/mol. The molecule has 6 rings (SSSR count). The molecule has 0 bridgehead atoms. The Balaban J connectivity index is 1.61. The second kappa shape index (κ2) is 7.90. The first kappa shape index (κ1) is 22.3. The Labute approximate surface area is 219 Å². The van der Waals surface area contributed by atoms with Crippen LogP contribution in [0, 0.1) is 20.8 Å². The lowest BCUT2D eigenvalue weighted by atomic mass is 9.95. The summed E-state index contributed by atoms with van der Waals surface area (Å²) in [7, 11) is 0. The molecule has 2 heterocycles. The number of halogens is 2. The van der Waals surface area contributed by atoms with Crippen molar-refractivity contribution in [3.05, 3.63) is 97.4 Å². The Morgan fingerprint density at radius 1 is 0.714 bits per heavy atom. The molecule has 0 radical (unpaired) electrons. The molecule has 5 aromatic rings. The second-order valence-corrected chi connectivity index (χ2v) is 10.9. The molecule has 4 nitrogen and oxygen atoms in total. The number of aromatic amines is 1. The van der Waals surface area contributed by atoms with E-state index in [1.807, 2.05) is 63.2 Å². The first-order valence-electron chi connectivity index (χ1n) is 11.2. The smallest absolute Gasteiger partial charge is 0.266 e. The number of anilines is 1. The van der Waals surface area contributed by atoms with Gasteiger partial charge in [0.15, 0.2) is 0 Å². The van der Waals surface area contributed by atoms with Gasteiger partial charge in [0.05, 0.1) is 22.3 Å². The number of amides is 2. The molecule has 6 heteroatoms. The Bertz CT molecular complexity index is 1730. The van der Waals surface area contributed by atoms with Crippen LogP contribution in [-0.4, -0.2) is 16.8 Å². The summed E-state index contributed by atoms with van der Waals surface area (Å²) < 4.78 is 1.89. The minimum Gasteiger partial charge on any atom is -0.354 e. The van der Waals surface area contributed by atoms with Crippen LogP contribution in [0.4, 0.5) is 5.69 Å². The largest absolute Gasteiger partial charge is 0.354 e. The van der Waals surface area contributed by atoms with Crippen LogP contribution in [0.3, 0.4) is 0 Å². The van der Waals surface area contributed by atoms with Crippen molar-refractivity contribution >= 4 is 71.2 Å². The quantitative estimate of drug-likeness (QED) is 0.211. The van der Waals surface area contributed by atoms with Crippen LogP contribution >= 0.6 is 31.9 Å². The fourth-order valence-electron chi connectivity index (χ4n) is 5.39.